The standard InChI is InChI=1S/C14H25NO3/c1-8-9(2)18-10(3)13(8)14(17)15-7-11-5-4-6-12(11)16/h8-13,16H,4-7H2,1-3H3,(H,15,17). The van der Waals surface area contributed by atoms with E-state index in [1.165, 1.54) is 0 Å². The van der Waals surface area contributed by atoms with Gasteiger partial charge in [0.1, 0.15) is 0 Å². The number of aliphatic hydroxyl groups excluding tert-OH is 1. The van der Waals surface area contributed by atoms with E-state index in [4.69, 9.17) is 4.74 Å². The van der Waals surface area contributed by atoms with Crippen LogP contribution in [0.15, 0.2) is 0 Å². The summed E-state index contributed by atoms with van der Waals surface area (Å²) in [6, 6.07) is 0. The summed E-state index contributed by atoms with van der Waals surface area (Å²) in [5, 5.41) is 12.7. The Labute approximate surface area is 109 Å². The third-order valence-corrected chi connectivity index (χ3v) is 4.70. The fourth-order valence-electron chi connectivity index (χ4n) is 3.32. The second kappa shape index (κ2) is 5.57. The number of carbonyl (C=O) groups excluding carboxylic acids is 1. The van der Waals surface area contributed by atoms with Crippen molar-refractivity contribution in [2.24, 2.45) is 17.8 Å². The van der Waals surface area contributed by atoms with Gasteiger partial charge in [-0.1, -0.05) is 13.3 Å². The molecule has 0 aromatic carbocycles. The van der Waals surface area contributed by atoms with E-state index in [9.17, 15) is 9.90 Å². The smallest absolute Gasteiger partial charge is 0.226 e. The predicted octanol–water partition coefficient (Wildman–Crippen LogP) is 1.32. The summed E-state index contributed by atoms with van der Waals surface area (Å²) in [6.07, 6.45) is 2.86. The van der Waals surface area contributed by atoms with Gasteiger partial charge in [0.2, 0.25) is 5.91 Å². The van der Waals surface area contributed by atoms with Crippen molar-refractivity contribution in [3.05, 3.63) is 0 Å². The fourth-order valence-corrected chi connectivity index (χ4v) is 3.32. The topological polar surface area (TPSA) is 58.6 Å². The van der Waals surface area contributed by atoms with Crippen LogP contribution in [0.4, 0.5) is 0 Å². The van der Waals surface area contributed by atoms with E-state index < -0.39 is 0 Å². The van der Waals surface area contributed by atoms with E-state index in [0.717, 1.165) is 19.3 Å². The van der Waals surface area contributed by atoms with Crippen LogP contribution in [0, 0.1) is 17.8 Å². The maximum Gasteiger partial charge on any atom is 0.226 e. The van der Waals surface area contributed by atoms with Crippen molar-refractivity contribution in [2.75, 3.05) is 6.54 Å². The van der Waals surface area contributed by atoms with E-state index in [0.29, 0.717) is 6.54 Å². The fraction of sp³-hybridized carbons (Fsp3) is 0.929. The van der Waals surface area contributed by atoms with Crippen molar-refractivity contribution in [3.8, 4) is 0 Å². The maximum atomic E-state index is 12.2. The summed E-state index contributed by atoms with van der Waals surface area (Å²) in [6.45, 7) is 6.66. The molecule has 0 aromatic heterocycles. The number of nitrogens with one attached hydrogen (secondary N) is 1. The number of ether oxygens (including phenoxy) is 1. The van der Waals surface area contributed by atoms with Crippen molar-refractivity contribution in [2.45, 2.75) is 58.3 Å². The molecule has 1 heterocycles. The molecule has 18 heavy (non-hydrogen) atoms. The average molecular weight is 255 g/mol. The first-order chi connectivity index (χ1) is 8.50. The predicted molar refractivity (Wildman–Crippen MR) is 69.0 cm³/mol. The molecule has 0 spiro atoms. The van der Waals surface area contributed by atoms with Crippen LogP contribution in [0.3, 0.4) is 0 Å². The van der Waals surface area contributed by atoms with Crippen molar-refractivity contribution in [1.29, 1.82) is 0 Å². The lowest BCUT2D eigenvalue weighted by Crippen LogP contribution is -2.40. The van der Waals surface area contributed by atoms with Gasteiger partial charge in [-0.25, -0.2) is 0 Å². The largest absolute Gasteiger partial charge is 0.393 e. The van der Waals surface area contributed by atoms with Crippen molar-refractivity contribution >= 4 is 5.91 Å². The van der Waals surface area contributed by atoms with E-state index in [1.54, 1.807) is 0 Å². The summed E-state index contributed by atoms with van der Waals surface area (Å²) in [7, 11) is 0. The van der Waals surface area contributed by atoms with Crippen molar-refractivity contribution in [3.63, 3.8) is 0 Å². The van der Waals surface area contributed by atoms with Gasteiger partial charge in [0, 0.05) is 12.5 Å². The van der Waals surface area contributed by atoms with Gasteiger partial charge in [0.15, 0.2) is 0 Å². The molecule has 4 heteroatoms. The van der Waals surface area contributed by atoms with Crippen LogP contribution in [-0.4, -0.2) is 35.9 Å². The molecule has 0 radical (unpaired) electrons. The number of hydrogen-bond acceptors (Lipinski definition) is 3. The highest BCUT2D eigenvalue weighted by Crippen LogP contribution is 2.32. The Balaban J connectivity index is 1.84. The van der Waals surface area contributed by atoms with Crippen molar-refractivity contribution in [1.82, 2.24) is 5.32 Å². The zero-order valence-electron chi connectivity index (χ0n) is 11.6. The summed E-state index contributed by atoms with van der Waals surface area (Å²) in [5.74, 6) is 0.518. The average Bonchev–Trinajstić information content (AvgIpc) is 2.81. The lowest BCUT2D eigenvalue weighted by molar-refractivity contribution is -0.127. The molecule has 1 aliphatic heterocycles. The second-order valence-electron chi connectivity index (χ2n) is 5.93. The molecular formula is C14H25NO3. The SMILES string of the molecule is CC1OC(C)C(C(=O)NCC2CCCC2O)C1C. The van der Waals surface area contributed by atoms with E-state index in [1.807, 2.05) is 13.8 Å². The molecule has 2 rings (SSSR count). The monoisotopic (exact) mass is 255 g/mol. The van der Waals surface area contributed by atoms with Gasteiger partial charge in [-0.15, -0.1) is 0 Å². The van der Waals surface area contributed by atoms with Gasteiger partial charge >= 0.3 is 0 Å². The van der Waals surface area contributed by atoms with Crippen LogP contribution in [0.1, 0.15) is 40.0 Å². The number of amides is 1. The minimum Gasteiger partial charge on any atom is -0.393 e. The highest BCUT2D eigenvalue weighted by molar-refractivity contribution is 5.79. The Hall–Kier alpha value is -0.610. The third kappa shape index (κ3) is 2.69. The Morgan fingerprint density at radius 2 is 2.00 bits per heavy atom. The molecule has 1 amide bonds. The van der Waals surface area contributed by atoms with Crippen molar-refractivity contribution < 1.29 is 14.6 Å². The van der Waals surface area contributed by atoms with Gasteiger partial charge in [-0.2, -0.15) is 0 Å². The molecule has 0 aromatic rings. The molecule has 2 aliphatic rings. The van der Waals surface area contributed by atoms with Gasteiger partial charge in [-0.05, 0) is 32.6 Å². The summed E-state index contributed by atoms with van der Waals surface area (Å²) >= 11 is 0. The summed E-state index contributed by atoms with van der Waals surface area (Å²) in [5.41, 5.74) is 0. The lowest BCUT2D eigenvalue weighted by atomic mass is 9.88. The van der Waals surface area contributed by atoms with Crippen LogP contribution in [0.2, 0.25) is 0 Å². The summed E-state index contributed by atoms with van der Waals surface area (Å²) in [4.78, 5) is 12.2. The molecule has 104 valence electrons. The normalized spacial score (nSPS) is 44.2. The summed E-state index contributed by atoms with van der Waals surface area (Å²) < 4.78 is 5.69. The van der Waals surface area contributed by atoms with Gasteiger partial charge in [0.25, 0.3) is 0 Å². The highest BCUT2D eigenvalue weighted by Gasteiger charge is 2.41. The van der Waals surface area contributed by atoms with E-state index >= 15 is 0 Å². The van der Waals surface area contributed by atoms with Crippen LogP contribution in [0.5, 0.6) is 0 Å². The van der Waals surface area contributed by atoms with Crippen LogP contribution < -0.4 is 5.32 Å². The zero-order chi connectivity index (χ0) is 13.3. The molecule has 1 saturated carbocycles. The molecule has 1 saturated heterocycles. The minimum atomic E-state index is -0.237. The quantitative estimate of drug-likeness (QED) is 0.799. The Morgan fingerprint density at radius 1 is 1.28 bits per heavy atom. The third-order valence-electron chi connectivity index (χ3n) is 4.70. The number of rotatable bonds is 3. The molecule has 2 N–H and O–H groups in total. The first kappa shape index (κ1) is 13.8. The van der Waals surface area contributed by atoms with Crippen LogP contribution in [0.25, 0.3) is 0 Å². The Bertz CT molecular complexity index is 307. The zero-order valence-corrected chi connectivity index (χ0v) is 11.6. The van der Waals surface area contributed by atoms with E-state index in [2.05, 4.69) is 12.2 Å². The van der Waals surface area contributed by atoms with E-state index in [-0.39, 0.29) is 42.0 Å². The molecule has 6 atom stereocenters. The first-order valence-electron chi connectivity index (χ1n) is 7.12. The van der Waals surface area contributed by atoms with Crippen LogP contribution >= 0.6 is 0 Å². The molecule has 2 fully saturated rings. The lowest BCUT2D eigenvalue weighted by Gasteiger charge is -2.20. The maximum absolute atomic E-state index is 12.2. The first-order valence-corrected chi connectivity index (χ1v) is 7.12. The van der Waals surface area contributed by atoms with Gasteiger partial charge in [-0.3, -0.25) is 4.79 Å². The molecule has 1 aliphatic carbocycles. The number of aliphatic hydroxyl groups is 1. The molecule has 6 unspecified atom stereocenters. The van der Waals surface area contributed by atoms with Crippen LogP contribution in [-0.2, 0) is 9.53 Å². The minimum absolute atomic E-state index is 0.0106. The Morgan fingerprint density at radius 3 is 2.50 bits per heavy atom. The molecule has 4 nitrogen and oxygen atoms in total. The molecule has 0 bridgehead atoms. The Kier molecular flexibility index (Phi) is 4.28. The number of hydrogen-bond donors (Lipinski definition) is 2. The van der Waals surface area contributed by atoms with Gasteiger partial charge < -0.3 is 15.2 Å². The second-order valence-corrected chi connectivity index (χ2v) is 5.93. The number of carbonyl (C=O) groups is 1. The van der Waals surface area contributed by atoms with Gasteiger partial charge in [0.05, 0.1) is 24.2 Å². The molecular weight excluding hydrogens is 230 g/mol. The highest BCUT2D eigenvalue weighted by atomic mass is 16.5.